The van der Waals surface area contributed by atoms with Gasteiger partial charge in [-0.2, -0.15) is 5.26 Å². The second-order valence-electron chi connectivity index (χ2n) is 11.1. The van der Waals surface area contributed by atoms with Gasteiger partial charge in [0.15, 0.2) is 0 Å². The quantitative estimate of drug-likeness (QED) is 0.507. The van der Waals surface area contributed by atoms with Crippen LogP contribution in [0.25, 0.3) is 0 Å². The van der Waals surface area contributed by atoms with E-state index in [4.69, 9.17) is 10.00 Å². The van der Waals surface area contributed by atoms with E-state index in [2.05, 4.69) is 31.8 Å². The number of methoxy groups -OCH3 is 1. The van der Waals surface area contributed by atoms with Gasteiger partial charge >= 0.3 is 0 Å². The number of rotatable bonds is 3. The minimum atomic E-state index is -0.804. The number of unbranched alkanes of at least 4 members (excludes halogenated alkanes) is 2. The summed E-state index contributed by atoms with van der Waals surface area (Å²) in [7, 11) is 1.91. The summed E-state index contributed by atoms with van der Waals surface area (Å²) in [6.07, 6.45) is 13.1. The second kappa shape index (κ2) is 7.90. The molecule has 0 aromatic carbocycles. The van der Waals surface area contributed by atoms with Crippen molar-refractivity contribution >= 4 is 0 Å². The molecule has 0 bridgehead atoms. The Bertz CT molecular complexity index is 716. The highest BCUT2D eigenvalue weighted by Gasteiger charge is 2.61. The third-order valence-electron chi connectivity index (χ3n) is 9.84. The summed E-state index contributed by atoms with van der Waals surface area (Å²) in [5.74, 6) is 9.47. The summed E-state index contributed by atoms with van der Waals surface area (Å²) in [6.45, 7) is 5.05. The smallest absolute Gasteiger partial charge is 0.125 e. The Hall–Kier alpha value is -1.03. The maximum Gasteiger partial charge on any atom is 0.125 e. The van der Waals surface area contributed by atoms with Crippen molar-refractivity contribution in [2.45, 2.75) is 103 Å². The molecule has 0 aliphatic heterocycles. The summed E-state index contributed by atoms with van der Waals surface area (Å²) < 4.78 is 5.92. The Morgan fingerprint density at radius 2 is 1.76 bits per heavy atom. The molecular weight excluding hydrogens is 358 g/mol. The summed E-state index contributed by atoms with van der Waals surface area (Å²) in [6, 6.07) is 2.17. The van der Waals surface area contributed by atoms with Crippen molar-refractivity contribution in [3.05, 3.63) is 0 Å². The number of fused-ring (bicyclic) bond motifs is 5. The predicted octanol–water partition coefficient (Wildman–Crippen LogP) is 5.47. The van der Waals surface area contributed by atoms with Crippen LogP contribution < -0.4 is 0 Å². The van der Waals surface area contributed by atoms with E-state index in [9.17, 15) is 5.11 Å². The molecule has 4 fully saturated rings. The minimum Gasteiger partial charge on any atom is -0.381 e. The molecule has 0 aromatic rings. The molecule has 0 heterocycles. The lowest BCUT2D eigenvalue weighted by atomic mass is 9.44. The first kappa shape index (κ1) is 21.2. The van der Waals surface area contributed by atoms with Crippen LogP contribution in [0.4, 0.5) is 0 Å². The highest BCUT2D eigenvalue weighted by Crippen LogP contribution is 2.67. The van der Waals surface area contributed by atoms with Gasteiger partial charge in [-0.1, -0.05) is 19.8 Å². The topological polar surface area (TPSA) is 53.2 Å². The monoisotopic (exact) mass is 397 g/mol. The van der Waals surface area contributed by atoms with Crippen LogP contribution in [0.5, 0.6) is 0 Å². The second-order valence-corrected chi connectivity index (χ2v) is 11.1. The van der Waals surface area contributed by atoms with Gasteiger partial charge in [-0.15, -0.1) is 5.92 Å². The molecule has 0 spiro atoms. The minimum absolute atomic E-state index is 0.365. The van der Waals surface area contributed by atoms with Gasteiger partial charge in [-0.25, -0.2) is 0 Å². The van der Waals surface area contributed by atoms with E-state index in [0.29, 0.717) is 29.3 Å². The van der Waals surface area contributed by atoms with Gasteiger partial charge in [-0.05, 0) is 98.7 Å². The van der Waals surface area contributed by atoms with Gasteiger partial charge in [-0.3, -0.25) is 0 Å². The maximum atomic E-state index is 11.2. The molecule has 0 amide bonds. The summed E-state index contributed by atoms with van der Waals surface area (Å²) in [5.41, 5.74) is -0.0606. The fourth-order valence-electron chi connectivity index (χ4n) is 8.18. The lowest BCUT2D eigenvalue weighted by molar-refractivity contribution is -0.146. The van der Waals surface area contributed by atoms with Crippen molar-refractivity contribution in [3.63, 3.8) is 0 Å². The van der Waals surface area contributed by atoms with Crippen molar-refractivity contribution in [3.8, 4) is 17.9 Å². The van der Waals surface area contributed by atoms with Crippen LogP contribution in [0.3, 0.4) is 0 Å². The molecule has 1 N–H and O–H groups in total. The van der Waals surface area contributed by atoms with Gasteiger partial charge in [0, 0.05) is 20.0 Å². The molecule has 4 aliphatic rings. The molecule has 29 heavy (non-hydrogen) atoms. The molecule has 4 saturated carbocycles. The van der Waals surface area contributed by atoms with Crippen LogP contribution in [-0.2, 0) is 4.74 Å². The largest absolute Gasteiger partial charge is 0.381 e. The number of aliphatic hydroxyl groups is 1. The Morgan fingerprint density at radius 1 is 0.966 bits per heavy atom. The first-order chi connectivity index (χ1) is 13.9. The zero-order chi connectivity index (χ0) is 20.7. The summed E-state index contributed by atoms with van der Waals surface area (Å²) in [5, 5.41) is 19.8. The number of nitriles is 1. The fourth-order valence-corrected chi connectivity index (χ4v) is 8.18. The first-order valence-corrected chi connectivity index (χ1v) is 12.0. The molecule has 0 radical (unpaired) electrons. The zero-order valence-electron chi connectivity index (χ0n) is 18.7. The van der Waals surface area contributed by atoms with Gasteiger partial charge in [0.25, 0.3) is 0 Å². The number of ether oxygens (including phenoxy) is 1. The molecular formula is C26H39NO2. The van der Waals surface area contributed by atoms with E-state index in [1.54, 1.807) is 0 Å². The third-order valence-corrected chi connectivity index (χ3v) is 9.84. The van der Waals surface area contributed by atoms with Crippen LogP contribution in [0, 0.1) is 57.7 Å². The van der Waals surface area contributed by atoms with Gasteiger partial charge in [0.1, 0.15) is 5.60 Å². The molecule has 8 atom stereocenters. The molecule has 0 aromatic heterocycles. The van der Waals surface area contributed by atoms with E-state index < -0.39 is 5.60 Å². The van der Waals surface area contributed by atoms with Crippen molar-refractivity contribution in [1.29, 1.82) is 5.26 Å². The number of nitrogens with zero attached hydrogens (tertiary/aromatic N) is 1. The third kappa shape index (κ3) is 3.54. The molecule has 3 heteroatoms. The van der Waals surface area contributed by atoms with Gasteiger partial charge < -0.3 is 9.84 Å². The first-order valence-electron chi connectivity index (χ1n) is 12.0. The Labute approximate surface area is 177 Å². The van der Waals surface area contributed by atoms with E-state index in [-0.39, 0.29) is 0 Å². The van der Waals surface area contributed by atoms with Crippen LogP contribution in [0.1, 0.15) is 90.9 Å². The molecule has 0 saturated heterocycles. The lowest BCUT2D eigenvalue weighted by Crippen LogP contribution is -2.56. The van der Waals surface area contributed by atoms with E-state index in [1.165, 1.54) is 38.5 Å². The van der Waals surface area contributed by atoms with Crippen LogP contribution >= 0.6 is 0 Å². The predicted molar refractivity (Wildman–Crippen MR) is 115 cm³/mol. The molecule has 160 valence electrons. The SMILES string of the molecule is COC1CC[C@H]2[C@@H]3CCC4CC(O)(C#CCCCC#N)CC[C@]4(C)[C@@H]3CC[C@]12C. The Balaban J connectivity index is 1.47. The number of hydrogen-bond donors (Lipinski definition) is 1. The van der Waals surface area contributed by atoms with Crippen LogP contribution in [0.2, 0.25) is 0 Å². The van der Waals surface area contributed by atoms with Crippen LogP contribution in [-0.4, -0.2) is 23.9 Å². The summed E-state index contributed by atoms with van der Waals surface area (Å²) in [4.78, 5) is 0. The number of hydrogen-bond acceptors (Lipinski definition) is 3. The normalized spacial score (nSPS) is 48.4. The maximum absolute atomic E-state index is 11.2. The van der Waals surface area contributed by atoms with Crippen molar-refractivity contribution < 1.29 is 9.84 Å². The van der Waals surface area contributed by atoms with E-state index in [0.717, 1.165) is 49.9 Å². The lowest BCUT2D eigenvalue weighted by Gasteiger charge is -2.61. The zero-order valence-corrected chi connectivity index (χ0v) is 18.7. The van der Waals surface area contributed by atoms with Crippen molar-refractivity contribution in [2.24, 2.45) is 34.5 Å². The van der Waals surface area contributed by atoms with Crippen molar-refractivity contribution in [2.75, 3.05) is 7.11 Å². The average molecular weight is 398 g/mol. The average Bonchev–Trinajstić information content (AvgIpc) is 3.05. The van der Waals surface area contributed by atoms with E-state index in [1.807, 2.05) is 7.11 Å². The van der Waals surface area contributed by atoms with E-state index >= 15 is 0 Å². The van der Waals surface area contributed by atoms with Gasteiger partial charge in [0.2, 0.25) is 0 Å². The highest BCUT2D eigenvalue weighted by atomic mass is 16.5. The van der Waals surface area contributed by atoms with Gasteiger partial charge in [0.05, 0.1) is 12.2 Å². The van der Waals surface area contributed by atoms with Crippen LogP contribution in [0.15, 0.2) is 0 Å². The molecule has 4 rings (SSSR count). The summed E-state index contributed by atoms with van der Waals surface area (Å²) >= 11 is 0. The fraction of sp³-hybridized carbons (Fsp3) is 0.885. The molecule has 3 nitrogen and oxygen atoms in total. The molecule has 4 aliphatic carbocycles. The Morgan fingerprint density at radius 3 is 2.52 bits per heavy atom. The molecule has 3 unspecified atom stereocenters. The standard InChI is InChI=1S/C26H39NO2/c1-24-15-16-26(28,13-6-4-5-7-17-27)18-19(24)8-9-20-21-10-11-23(29-3)25(21,2)14-12-22(20)24/h19-23,28H,4-5,7-12,14-16,18H2,1-3H3/t19?,20-,21-,22+,23?,24-,25-,26?/m0/s1. The van der Waals surface area contributed by atoms with Crippen molar-refractivity contribution in [1.82, 2.24) is 0 Å². The highest BCUT2D eigenvalue weighted by molar-refractivity contribution is 5.19. The Kier molecular flexibility index (Phi) is 5.78.